The van der Waals surface area contributed by atoms with E-state index in [-0.39, 0.29) is 43.8 Å². The minimum atomic E-state index is -4.21. The van der Waals surface area contributed by atoms with Crippen molar-refractivity contribution in [3.63, 3.8) is 0 Å². The van der Waals surface area contributed by atoms with Crippen molar-refractivity contribution >= 4 is 39.2 Å². The molecule has 0 unspecified atom stereocenters. The lowest BCUT2D eigenvalue weighted by molar-refractivity contribution is -0.136. The quantitative estimate of drug-likeness (QED) is 0.348. The summed E-state index contributed by atoms with van der Waals surface area (Å²) in [6.45, 7) is 5.34. The number of carboxylic acid groups (broad SMARTS) is 1. The molecule has 1 amide bonds. The summed E-state index contributed by atoms with van der Waals surface area (Å²) in [4.78, 5) is 23.5. The lowest BCUT2D eigenvalue weighted by Gasteiger charge is -2.21. The van der Waals surface area contributed by atoms with Gasteiger partial charge in [-0.05, 0) is 69.3 Å². The first-order valence-electron chi connectivity index (χ1n) is 11.1. The van der Waals surface area contributed by atoms with Crippen molar-refractivity contribution in [3.05, 3.63) is 82.1 Å². The first-order chi connectivity index (χ1) is 17.7. The first-order valence-corrected chi connectivity index (χ1v) is 12.9. The molecule has 0 radical (unpaired) electrons. The van der Waals surface area contributed by atoms with Gasteiger partial charge in [-0.2, -0.15) is 5.26 Å². The van der Waals surface area contributed by atoms with E-state index in [1.807, 2.05) is 6.07 Å². The number of carboxylic acids is 1. The lowest BCUT2D eigenvalue weighted by atomic mass is 10.1. The van der Waals surface area contributed by atoms with Crippen LogP contribution < -0.4 is 14.8 Å². The highest BCUT2D eigenvalue weighted by Gasteiger charge is 2.22. The van der Waals surface area contributed by atoms with Crippen LogP contribution in [0.15, 0.2) is 59.5 Å². The first kappa shape index (κ1) is 28.4. The maximum Gasteiger partial charge on any atom is 0.307 e. The number of rotatable bonds is 8. The molecule has 3 rings (SSSR count). The number of benzene rings is 3. The van der Waals surface area contributed by atoms with Crippen molar-refractivity contribution in [3.8, 4) is 17.6 Å². The molecule has 0 spiro atoms. The van der Waals surface area contributed by atoms with Gasteiger partial charge in [-0.15, -0.1) is 0 Å². The minimum absolute atomic E-state index is 0.109. The minimum Gasteiger partial charge on any atom is -0.481 e. The van der Waals surface area contributed by atoms with E-state index in [0.717, 1.165) is 12.1 Å². The molecule has 0 atom stereocenters. The average molecular weight is 560 g/mol. The Kier molecular flexibility index (Phi) is 8.29. The molecule has 0 saturated heterocycles. The molecule has 0 aliphatic rings. The number of halogens is 2. The Morgan fingerprint density at radius 3 is 2.32 bits per heavy atom. The predicted molar refractivity (Wildman–Crippen MR) is 138 cm³/mol. The van der Waals surface area contributed by atoms with Crippen LogP contribution >= 0.6 is 11.6 Å². The number of hydrogen-bond acceptors (Lipinski definition) is 6. The number of aliphatic carboxylic acids is 1. The van der Waals surface area contributed by atoms with E-state index < -0.39 is 39.7 Å². The largest absolute Gasteiger partial charge is 0.481 e. The highest BCUT2D eigenvalue weighted by Crippen LogP contribution is 2.37. The number of sulfonamides is 1. The van der Waals surface area contributed by atoms with E-state index in [4.69, 9.17) is 26.7 Å². The molecule has 3 aromatic carbocycles. The van der Waals surface area contributed by atoms with Crippen molar-refractivity contribution in [2.45, 2.75) is 37.6 Å². The summed E-state index contributed by atoms with van der Waals surface area (Å²) in [5.41, 5.74) is -0.513. The van der Waals surface area contributed by atoms with E-state index in [9.17, 15) is 22.4 Å². The lowest BCUT2D eigenvalue weighted by Crippen LogP contribution is -2.40. The number of hydrogen-bond donors (Lipinski definition) is 3. The van der Waals surface area contributed by atoms with E-state index in [1.54, 1.807) is 20.8 Å². The van der Waals surface area contributed by atoms with Crippen molar-refractivity contribution in [2.24, 2.45) is 0 Å². The van der Waals surface area contributed by atoms with Crippen LogP contribution in [0.1, 0.15) is 42.3 Å². The van der Waals surface area contributed by atoms with Gasteiger partial charge in [0, 0.05) is 22.7 Å². The molecule has 3 N–H and O–H groups in total. The van der Waals surface area contributed by atoms with Gasteiger partial charge in [0.25, 0.3) is 15.9 Å². The summed E-state index contributed by atoms with van der Waals surface area (Å²) in [5, 5.41) is 20.6. The molecule has 0 fully saturated rings. The maximum atomic E-state index is 14.5. The smallest absolute Gasteiger partial charge is 0.307 e. The standard InChI is InChI=1S/C26H23ClFN3O6S/c1-26(2,3)30-25(34)16-6-9-22(37-23-13-20(28)17(10-19(23)27)12-24(32)33)21(11-16)31-38(35,36)18-7-4-15(14-29)5-8-18/h4-11,13,31H,12H2,1-3H3,(H,30,34)(H,32,33). The monoisotopic (exact) mass is 559 g/mol. The molecule has 38 heavy (non-hydrogen) atoms. The second-order valence-electron chi connectivity index (χ2n) is 9.20. The number of amides is 1. The third-order valence-corrected chi connectivity index (χ3v) is 6.61. The van der Waals surface area contributed by atoms with Gasteiger partial charge in [-0.1, -0.05) is 11.6 Å². The SMILES string of the molecule is CC(C)(C)NC(=O)c1ccc(Oc2cc(F)c(CC(=O)O)cc2Cl)c(NS(=O)(=O)c2ccc(C#N)cc2)c1. The fourth-order valence-electron chi connectivity index (χ4n) is 3.23. The molecule has 0 aliphatic carbocycles. The Labute approximate surface area is 223 Å². The van der Waals surface area contributed by atoms with Gasteiger partial charge in [-0.3, -0.25) is 14.3 Å². The number of nitriles is 1. The van der Waals surface area contributed by atoms with Gasteiger partial charge in [0.05, 0.1) is 33.7 Å². The van der Waals surface area contributed by atoms with Crippen molar-refractivity contribution in [1.82, 2.24) is 5.32 Å². The molecule has 3 aromatic rings. The average Bonchev–Trinajstić information content (AvgIpc) is 2.81. The number of carbonyl (C=O) groups is 2. The fraction of sp³-hybridized carbons (Fsp3) is 0.192. The summed E-state index contributed by atoms with van der Waals surface area (Å²) in [5.74, 6) is -2.93. The molecule has 0 bridgehead atoms. The van der Waals surface area contributed by atoms with E-state index in [2.05, 4.69) is 10.0 Å². The molecule has 0 aromatic heterocycles. The summed E-state index contributed by atoms with van der Waals surface area (Å²) in [6, 6.07) is 13.0. The second kappa shape index (κ2) is 11.1. The van der Waals surface area contributed by atoms with Gasteiger partial charge in [0.2, 0.25) is 0 Å². The molecule has 0 saturated carbocycles. The van der Waals surface area contributed by atoms with Gasteiger partial charge in [0.15, 0.2) is 5.75 Å². The van der Waals surface area contributed by atoms with Gasteiger partial charge < -0.3 is 15.2 Å². The molecule has 9 nitrogen and oxygen atoms in total. The highest BCUT2D eigenvalue weighted by molar-refractivity contribution is 7.92. The van der Waals surface area contributed by atoms with E-state index in [1.165, 1.54) is 42.5 Å². The number of carbonyl (C=O) groups excluding carboxylic acids is 1. The van der Waals surface area contributed by atoms with Crippen LogP contribution in [0, 0.1) is 17.1 Å². The Morgan fingerprint density at radius 2 is 1.74 bits per heavy atom. The molecule has 0 aliphatic heterocycles. The normalized spacial score (nSPS) is 11.4. The van der Waals surface area contributed by atoms with Crippen LogP contribution in [0.25, 0.3) is 0 Å². The Morgan fingerprint density at radius 1 is 1.08 bits per heavy atom. The topological polar surface area (TPSA) is 146 Å². The number of ether oxygens (including phenoxy) is 1. The van der Waals surface area contributed by atoms with E-state index >= 15 is 0 Å². The Bertz CT molecular complexity index is 1540. The molecular weight excluding hydrogens is 537 g/mol. The third-order valence-electron chi connectivity index (χ3n) is 4.93. The fourth-order valence-corrected chi connectivity index (χ4v) is 4.52. The molecule has 198 valence electrons. The summed E-state index contributed by atoms with van der Waals surface area (Å²) in [6.07, 6.45) is -0.598. The zero-order chi connectivity index (χ0) is 28.3. The Balaban J connectivity index is 2.05. The van der Waals surface area contributed by atoms with Crippen LogP contribution in [-0.2, 0) is 21.2 Å². The van der Waals surface area contributed by atoms with Crippen molar-refractivity contribution < 1.29 is 32.2 Å². The molecule has 12 heteroatoms. The summed E-state index contributed by atoms with van der Waals surface area (Å²) in [7, 11) is -4.21. The maximum absolute atomic E-state index is 14.5. The third kappa shape index (κ3) is 7.21. The van der Waals surface area contributed by atoms with Crippen molar-refractivity contribution in [1.29, 1.82) is 5.26 Å². The Hall–Kier alpha value is -4.14. The highest BCUT2D eigenvalue weighted by atomic mass is 35.5. The van der Waals surface area contributed by atoms with Gasteiger partial charge in [-0.25, -0.2) is 12.8 Å². The van der Waals surface area contributed by atoms with Crippen LogP contribution in [0.3, 0.4) is 0 Å². The number of nitrogens with zero attached hydrogens (tertiary/aromatic N) is 1. The zero-order valence-electron chi connectivity index (χ0n) is 20.5. The molecule has 0 heterocycles. The number of nitrogens with one attached hydrogen (secondary N) is 2. The van der Waals surface area contributed by atoms with Crippen molar-refractivity contribution in [2.75, 3.05) is 4.72 Å². The zero-order valence-corrected chi connectivity index (χ0v) is 22.1. The van der Waals surface area contributed by atoms with Crippen LogP contribution in [-0.4, -0.2) is 30.9 Å². The van der Waals surface area contributed by atoms with Gasteiger partial charge in [0.1, 0.15) is 11.6 Å². The van der Waals surface area contributed by atoms with Crippen LogP contribution in [0.2, 0.25) is 5.02 Å². The summed E-state index contributed by atoms with van der Waals surface area (Å²) >= 11 is 6.19. The van der Waals surface area contributed by atoms with E-state index in [0.29, 0.717) is 0 Å². The predicted octanol–water partition coefficient (Wildman–Crippen LogP) is 5.10. The van der Waals surface area contributed by atoms with Crippen LogP contribution in [0.4, 0.5) is 10.1 Å². The molecular formula is C26H23ClFN3O6S. The van der Waals surface area contributed by atoms with Crippen LogP contribution in [0.5, 0.6) is 11.5 Å². The van der Waals surface area contributed by atoms with Gasteiger partial charge >= 0.3 is 5.97 Å². The second-order valence-corrected chi connectivity index (χ2v) is 11.3. The summed E-state index contributed by atoms with van der Waals surface area (Å²) < 4.78 is 48.7. The number of anilines is 1.